The molecule has 0 bridgehead atoms. The Morgan fingerprint density at radius 3 is 2.93 bits per heavy atom. The second kappa shape index (κ2) is 7.32. The lowest BCUT2D eigenvalue weighted by Gasteiger charge is -2.18. The number of fused-ring (bicyclic) bond motifs is 3. The van der Waals surface area contributed by atoms with Crippen LogP contribution in [0.15, 0.2) is 59.8 Å². The van der Waals surface area contributed by atoms with Crippen LogP contribution in [0.25, 0.3) is 16.6 Å². The van der Waals surface area contributed by atoms with Crippen LogP contribution in [-0.4, -0.2) is 32.4 Å². The number of nitrogens with one attached hydrogen (secondary N) is 1. The molecule has 4 rings (SSSR count). The number of nitrogens with zero attached hydrogens (tertiary/aromatic N) is 3. The molecule has 0 saturated heterocycles. The van der Waals surface area contributed by atoms with Gasteiger partial charge in [0, 0.05) is 31.4 Å². The first-order valence-electron chi connectivity index (χ1n) is 8.80. The molecule has 0 radical (unpaired) electrons. The zero-order valence-electron chi connectivity index (χ0n) is 15.2. The third-order valence-corrected chi connectivity index (χ3v) is 4.65. The fourth-order valence-corrected chi connectivity index (χ4v) is 3.32. The summed E-state index contributed by atoms with van der Waals surface area (Å²) in [5, 5.41) is 13.3. The van der Waals surface area contributed by atoms with Crippen LogP contribution in [-0.2, 0) is 6.54 Å². The highest BCUT2D eigenvalue weighted by atomic mass is 19.1. The largest absolute Gasteiger partial charge is 0.494 e. The Morgan fingerprint density at radius 2 is 2.11 bits per heavy atom. The molecule has 1 unspecified atom stereocenters. The Bertz CT molecular complexity index is 1200. The van der Waals surface area contributed by atoms with Gasteiger partial charge in [-0.05, 0) is 30.3 Å². The number of aliphatic hydroxyl groups excluding tert-OH is 1. The number of hydrogen-bond donors (Lipinski definition) is 2. The first kappa shape index (κ1) is 18.0. The van der Waals surface area contributed by atoms with E-state index in [9.17, 15) is 14.3 Å². The third kappa shape index (κ3) is 3.18. The molecule has 0 saturated carbocycles. The molecule has 3 aromatic heterocycles. The predicted octanol–water partition coefficient (Wildman–Crippen LogP) is 2.62. The van der Waals surface area contributed by atoms with Crippen molar-refractivity contribution in [1.82, 2.24) is 14.0 Å². The average Bonchev–Trinajstić information content (AvgIpc) is 3.18. The quantitative estimate of drug-likeness (QED) is 0.501. The molecule has 144 valence electrons. The molecule has 3 heterocycles. The lowest BCUT2D eigenvalue weighted by Crippen LogP contribution is -2.27. The molecular formula is C20H19FN4O3. The maximum absolute atomic E-state index is 13.8. The Morgan fingerprint density at radius 1 is 1.25 bits per heavy atom. The van der Waals surface area contributed by atoms with Crippen molar-refractivity contribution in [2.45, 2.75) is 19.2 Å². The van der Waals surface area contributed by atoms with E-state index in [1.54, 1.807) is 47.3 Å². The van der Waals surface area contributed by atoms with E-state index in [4.69, 9.17) is 4.74 Å². The first-order chi connectivity index (χ1) is 13.6. The number of aryl methyl sites for hydroxylation is 1. The van der Waals surface area contributed by atoms with Gasteiger partial charge in [-0.3, -0.25) is 9.78 Å². The fraction of sp³-hybridized carbons (Fsp3) is 0.200. The van der Waals surface area contributed by atoms with Gasteiger partial charge in [0.2, 0.25) is 0 Å². The molecule has 4 aromatic rings. The Labute approximate surface area is 159 Å². The van der Waals surface area contributed by atoms with E-state index in [1.807, 2.05) is 0 Å². The number of pyridine rings is 1. The number of rotatable bonds is 6. The zero-order valence-corrected chi connectivity index (χ0v) is 15.2. The van der Waals surface area contributed by atoms with Crippen molar-refractivity contribution < 1.29 is 14.2 Å². The monoisotopic (exact) mass is 382 g/mol. The SMILES string of the molecule is COc1ccncc1NC(O)CCn1c(=O)c2cccn2c2ccc(F)cc21. The topological polar surface area (TPSA) is 80.8 Å². The summed E-state index contributed by atoms with van der Waals surface area (Å²) >= 11 is 0. The van der Waals surface area contributed by atoms with Crippen molar-refractivity contribution in [2.24, 2.45) is 0 Å². The van der Waals surface area contributed by atoms with Crippen LogP contribution >= 0.6 is 0 Å². The second-order valence-electron chi connectivity index (χ2n) is 6.38. The van der Waals surface area contributed by atoms with Gasteiger partial charge >= 0.3 is 0 Å². The summed E-state index contributed by atoms with van der Waals surface area (Å²) in [5.41, 5.74) is 1.99. The van der Waals surface area contributed by atoms with Crippen molar-refractivity contribution >= 4 is 22.2 Å². The Kier molecular flexibility index (Phi) is 4.70. The standard InChI is InChI=1S/C20H19FN4O3/c1-28-18-6-8-22-12-14(18)23-19(26)7-10-25-17-11-13(21)4-5-15(17)24-9-2-3-16(24)20(25)27/h2-6,8-9,11-12,19,23,26H,7,10H2,1H3. The Balaban J connectivity index is 1.64. The molecule has 0 amide bonds. The lowest BCUT2D eigenvalue weighted by molar-refractivity contribution is 0.186. The molecular weight excluding hydrogens is 363 g/mol. The highest BCUT2D eigenvalue weighted by Crippen LogP contribution is 2.23. The van der Waals surface area contributed by atoms with Gasteiger partial charge in [0.05, 0.1) is 30.0 Å². The molecule has 1 atom stereocenters. The van der Waals surface area contributed by atoms with Crippen LogP contribution in [0.4, 0.5) is 10.1 Å². The number of benzene rings is 1. The highest BCUT2D eigenvalue weighted by molar-refractivity contribution is 5.79. The number of aliphatic hydroxyl groups is 1. The van der Waals surface area contributed by atoms with Crippen LogP contribution < -0.4 is 15.6 Å². The maximum atomic E-state index is 13.8. The molecule has 8 heteroatoms. The van der Waals surface area contributed by atoms with E-state index in [-0.39, 0.29) is 18.5 Å². The lowest BCUT2D eigenvalue weighted by atomic mass is 10.2. The smallest absolute Gasteiger partial charge is 0.275 e. The number of aromatic nitrogens is 3. The van der Waals surface area contributed by atoms with Gasteiger partial charge in [-0.25, -0.2) is 4.39 Å². The van der Waals surface area contributed by atoms with Gasteiger partial charge in [-0.2, -0.15) is 0 Å². The Hall–Kier alpha value is -3.39. The van der Waals surface area contributed by atoms with Gasteiger partial charge in [-0.15, -0.1) is 0 Å². The minimum atomic E-state index is -0.948. The van der Waals surface area contributed by atoms with Crippen LogP contribution in [0.1, 0.15) is 6.42 Å². The summed E-state index contributed by atoms with van der Waals surface area (Å²) in [4.78, 5) is 16.9. The maximum Gasteiger partial charge on any atom is 0.275 e. The van der Waals surface area contributed by atoms with E-state index >= 15 is 0 Å². The summed E-state index contributed by atoms with van der Waals surface area (Å²) in [6.07, 6.45) is 4.18. The van der Waals surface area contributed by atoms with Crippen LogP contribution in [0.5, 0.6) is 5.75 Å². The molecule has 0 fully saturated rings. The average molecular weight is 382 g/mol. The van der Waals surface area contributed by atoms with Crippen molar-refractivity contribution in [3.8, 4) is 5.75 Å². The first-order valence-corrected chi connectivity index (χ1v) is 8.80. The van der Waals surface area contributed by atoms with E-state index in [2.05, 4.69) is 10.3 Å². The molecule has 0 aliphatic rings. The zero-order chi connectivity index (χ0) is 19.7. The van der Waals surface area contributed by atoms with Crippen LogP contribution in [0.2, 0.25) is 0 Å². The molecule has 7 nitrogen and oxygen atoms in total. The van der Waals surface area contributed by atoms with E-state index in [1.165, 1.54) is 23.8 Å². The van der Waals surface area contributed by atoms with Crippen LogP contribution in [0, 0.1) is 5.82 Å². The summed E-state index contributed by atoms with van der Waals surface area (Å²) in [6.45, 7) is 0.206. The van der Waals surface area contributed by atoms with Crippen molar-refractivity contribution in [2.75, 3.05) is 12.4 Å². The summed E-state index contributed by atoms with van der Waals surface area (Å²) in [7, 11) is 1.53. The van der Waals surface area contributed by atoms with Crippen molar-refractivity contribution in [3.05, 3.63) is 71.2 Å². The number of hydrogen-bond acceptors (Lipinski definition) is 5. The molecule has 0 aliphatic heterocycles. The van der Waals surface area contributed by atoms with E-state index < -0.39 is 12.0 Å². The molecule has 2 N–H and O–H groups in total. The normalized spacial score (nSPS) is 12.4. The third-order valence-electron chi connectivity index (χ3n) is 4.65. The number of methoxy groups -OCH3 is 1. The molecule has 0 spiro atoms. The van der Waals surface area contributed by atoms with Crippen molar-refractivity contribution in [3.63, 3.8) is 0 Å². The molecule has 0 aliphatic carbocycles. The van der Waals surface area contributed by atoms with Gasteiger partial charge in [0.15, 0.2) is 0 Å². The van der Waals surface area contributed by atoms with Gasteiger partial charge < -0.3 is 24.1 Å². The molecule has 28 heavy (non-hydrogen) atoms. The number of anilines is 1. The number of halogens is 1. The minimum absolute atomic E-state index is 0.206. The van der Waals surface area contributed by atoms with Gasteiger partial charge in [0.25, 0.3) is 5.56 Å². The highest BCUT2D eigenvalue weighted by Gasteiger charge is 2.14. The van der Waals surface area contributed by atoms with Gasteiger partial charge in [-0.1, -0.05) is 0 Å². The molecule has 1 aromatic carbocycles. The fourth-order valence-electron chi connectivity index (χ4n) is 3.32. The summed E-state index contributed by atoms with van der Waals surface area (Å²) in [5.74, 6) is 0.124. The minimum Gasteiger partial charge on any atom is -0.494 e. The summed E-state index contributed by atoms with van der Waals surface area (Å²) < 4.78 is 22.3. The summed E-state index contributed by atoms with van der Waals surface area (Å²) in [6, 6.07) is 9.51. The van der Waals surface area contributed by atoms with Crippen molar-refractivity contribution in [1.29, 1.82) is 0 Å². The number of ether oxygens (including phenoxy) is 1. The van der Waals surface area contributed by atoms with E-state index in [0.29, 0.717) is 22.5 Å². The second-order valence-corrected chi connectivity index (χ2v) is 6.38. The van der Waals surface area contributed by atoms with E-state index in [0.717, 1.165) is 5.52 Å². The van der Waals surface area contributed by atoms with Crippen LogP contribution in [0.3, 0.4) is 0 Å². The van der Waals surface area contributed by atoms with Gasteiger partial charge in [0.1, 0.15) is 23.3 Å². The predicted molar refractivity (Wildman–Crippen MR) is 104 cm³/mol.